The molecule has 0 aliphatic rings. The Balaban J connectivity index is -0.0000000188. The van der Waals surface area contributed by atoms with Crippen LogP contribution in [0.15, 0.2) is 45.2 Å². The highest BCUT2D eigenvalue weighted by Crippen LogP contribution is 1.97. The van der Waals surface area contributed by atoms with E-state index in [0.29, 0.717) is 11.1 Å². The highest BCUT2D eigenvalue weighted by Gasteiger charge is 1.89. The van der Waals surface area contributed by atoms with Crippen molar-refractivity contribution in [1.29, 1.82) is 15.8 Å². The quantitative estimate of drug-likeness (QED) is 0.158. The molecule has 0 aromatic heterocycles. The average molecular weight is 452 g/mol. The molecule has 0 heterocycles. The van der Waals surface area contributed by atoms with E-state index >= 15 is 0 Å². The third-order valence-corrected chi connectivity index (χ3v) is 2.29. The normalized spacial score (nSPS) is 7.53. The van der Waals surface area contributed by atoms with Gasteiger partial charge in [0.2, 0.25) is 0 Å². The molecule has 0 N–H and O–H groups in total. The molecule has 5 nitrogen and oxygen atoms in total. The molecule has 190 valence electrons. The Kier molecular flexibility index (Phi) is 175. The largest absolute Gasteiger partial charge is 0.198 e. The maximum absolute atomic E-state index is 8.18. The first-order valence-corrected chi connectivity index (χ1v) is 7.87. The van der Waals surface area contributed by atoms with Gasteiger partial charge in [0.1, 0.15) is 0 Å². The van der Waals surface area contributed by atoms with Crippen molar-refractivity contribution in [1.82, 2.24) is 0 Å². The molecule has 0 amide bonds. The van der Waals surface area contributed by atoms with Crippen molar-refractivity contribution in [2.24, 2.45) is 10.2 Å². The van der Waals surface area contributed by atoms with Crippen LogP contribution in [0, 0.1) is 45.8 Å². The fourth-order valence-electron chi connectivity index (χ4n) is 0.232. The number of hydrogen-bond donors (Lipinski definition) is 0. The van der Waals surface area contributed by atoms with E-state index < -0.39 is 0 Å². The predicted octanol–water partition coefficient (Wildman–Crippen LogP) is 9.97. The van der Waals surface area contributed by atoms with Crippen LogP contribution in [0.5, 0.6) is 0 Å². The molecule has 0 fully saturated rings. The molecule has 5 heteroatoms. The van der Waals surface area contributed by atoms with Crippen molar-refractivity contribution in [3.8, 4) is 30.0 Å². The molecule has 0 bridgehead atoms. The maximum Gasteiger partial charge on any atom is 0.0954 e. The highest BCUT2D eigenvalue weighted by atomic mass is 15.0. The summed E-state index contributed by atoms with van der Waals surface area (Å²) in [6.45, 7) is 14.5. The molecule has 0 atom stereocenters. The molecule has 0 aliphatic heterocycles. The van der Waals surface area contributed by atoms with E-state index in [4.69, 9.17) is 15.8 Å². The van der Waals surface area contributed by atoms with Crippen molar-refractivity contribution in [2.75, 3.05) is 14.1 Å². The fourth-order valence-corrected chi connectivity index (χ4v) is 0.232. The second-order valence-electron chi connectivity index (χ2n) is 4.12. The summed E-state index contributed by atoms with van der Waals surface area (Å²) in [5, 5.41) is 31.1. The topological polar surface area (TPSA) is 96.1 Å². The van der Waals surface area contributed by atoms with Crippen molar-refractivity contribution in [2.45, 2.75) is 99.9 Å². The molecule has 32 heavy (non-hydrogen) atoms. The zero-order valence-electron chi connectivity index (χ0n) is 18.0. The van der Waals surface area contributed by atoms with Crippen LogP contribution in [0.3, 0.4) is 0 Å². The summed E-state index contributed by atoms with van der Waals surface area (Å²) >= 11 is 0. The molecule has 0 unspecified atom stereocenters. The van der Waals surface area contributed by atoms with Gasteiger partial charge in [0, 0.05) is 30.8 Å². The highest BCUT2D eigenvalue weighted by molar-refractivity contribution is 5.32. The van der Waals surface area contributed by atoms with Crippen molar-refractivity contribution in [3.05, 3.63) is 34.9 Å². The van der Waals surface area contributed by atoms with Gasteiger partial charge in [-0.3, -0.25) is 0 Å². The lowest BCUT2D eigenvalue weighted by atomic mass is 10.2. The molecule has 0 aromatic rings. The summed E-state index contributed by atoms with van der Waals surface area (Å²) in [6.07, 6.45) is 5.78. The molecule has 0 saturated carbocycles. The number of hydrogen-bond acceptors (Lipinski definition) is 5. The third kappa shape index (κ3) is 128. The Morgan fingerprint density at radius 3 is 0.875 bits per heavy atom. The minimum absolute atomic E-state index is 0. The maximum atomic E-state index is 8.18. The van der Waals surface area contributed by atoms with Gasteiger partial charge in [0.05, 0.1) is 18.2 Å². The Morgan fingerprint density at radius 1 is 0.594 bits per heavy atom. The van der Waals surface area contributed by atoms with Crippen LogP contribution in [0.4, 0.5) is 0 Å². The molecular formula is C27H57N5. The van der Waals surface area contributed by atoms with Crippen LogP contribution in [0.1, 0.15) is 99.9 Å². The van der Waals surface area contributed by atoms with Crippen LogP contribution in [-0.2, 0) is 0 Å². The van der Waals surface area contributed by atoms with Crippen molar-refractivity contribution in [3.63, 3.8) is 0 Å². The van der Waals surface area contributed by atoms with Gasteiger partial charge in [-0.15, -0.1) is 11.8 Å². The van der Waals surface area contributed by atoms with Gasteiger partial charge in [-0.1, -0.05) is 62.8 Å². The summed E-state index contributed by atoms with van der Waals surface area (Å²) in [4.78, 5) is 0. The van der Waals surface area contributed by atoms with E-state index in [1.807, 2.05) is 65.0 Å². The number of rotatable bonds is 0. The summed E-state index contributed by atoms with van der Waals surface area (Å²) in [6, 6.07) is 5.72. The van der Waals surface area contributed by atoms with E-state index in [1.54, 1.807) is 40.9 Å². The molecule has 0 aliphatic carbocycles. The number of nitriles is 3. The first kappa shape index (κ1) is 70.2. The zero-order chi connectivity index (χ0) is 21.8. The van der Waals surface area contributed by atoms with E-state index in [9.17, 15) is 0 Å². The lowest BCUT2D eigenvalue weighted by molar-refractivity contribution is 1.11. The Labute approximate surface area is 205 Å². The SMILES string of the molecule is C.C.C.C.C.C.C/C(C#N)=C(/C)C#N.C/C=C(/C)C#N.C/C=C/C.CC#CC.CN=NC. The fraction of sp³-hybridized carbons (Fsp3) is 0.593. The van der Waals surface area contributed by atoms with Gasteiger partial charge < -0.3 is 0 Å². The lowest BCUT2D eigenvalue weighted by Crippen LogP contribution is -1.73. The second kappa shape index (κ2) is 79.9. The zero-order valence-corrected chi connectivity index (χ0v) is 18.0. The lowest BCUT2D eigenvalue weighted by Gasteiger charge is -1.81. The molecule has 0 spiro atoms. The van der Waals surface area contributed by atoms with Crippen LogP contribution in [-0.4, -0.2) is 14.1 Å². The third-order valence-electron chi connectivity index (χ3n) is 2.29. The van der Waals surface area contributed by atoms with E-state index in [-0.39, 0.29) is 44.6 Å². The van der Waals surface area contributed by atoms with Gasteiger partial charge >= 0.3 is 0 Å². The Hall–Kier alpha value is -3.15. The summed E-state index contributed by atoms with van der Waals surface area (Å²) in [5.41, 5.74) is 1.76. The number of azo groups is 1. The first-order chi connectivity index (χ1) is 12.3. The molecular weight excluding hydrogens is 394 g/mol. The molecule has 0 saturated heterocycles. The van der Waals surface area contributed by atoms with Gasteiger partial charge in [-0.05, 0) is 55.4 Å². The smallest absolute Gasteiger partial charge is 0.0954 e. The Morgan fingerprint density at radius 2 is 0.844 bits per heavy atom. The van der Waals surface area contributed by atoms with Crippen LogP contribution >= 0.6 is 0 Å². The van der Waals surface area contributed by atoms with Gasteiger partial charge in [0.15, 0.2) is 0 Å². The van der Waals surface area contributed by atoms with Crippen LogP contribution < -0.4 is 0 Å². The second-order valence-corrected chi connectivity index (χ2v) is 4.12. The van der Waals surface area contributed by atoms with Gasteiger partial charge in [-0.25, -0.2) is 0 Å². The van der Waals surface area contributed by atoms with Crippen molar-refractivity contribution < 1.29 is 0 Å². The van der Waals surface area contributed by atoms with Crippen molar-refractivity contribution >= 4 is 0 Å². The van der Waals surface area contributed by atoms with E-state index in [1.165, 1.54) is 0 Å². The van der Waals surface area contributed by atoms with Crippen LogP contribution in [0.2, 0.25) is 0 Å². The van der Waals surface area contributed by atoms with Crippen LogP contribution in [0.25, 0.3) is 0 Å². The molecule has 0 aromatic carbocycles. The number of allylic oxidation sites excluding steroid dienone is 6. The van der Waals surface area contributed by atoms with E-state index in [0.717, 1.165) is 5.57 Å². The predicted molar refractivity (Wildman–Crippen MR) is 151 cm³/mol. The summed E-state index contributed by atoms with van der Waals surface area (Å²) < 4.78 is 0. The van der Waals surface area contributed by atoms with Gasteiger partial charge in [0.25, 0.3) is 0 Å². The minimum Gasteiger partial charge on any atom is -0.198 e. The van der Waals surface area contributed by atoms with E-state index in [2.05, 4.69) is 22.1 Å². The molecule has 0 rings (SSSR count). The Bertz CT molecular complexity index is 560. The monoisotopic (exact) mass is 451 g/mol. The van der Waals surface area contributed by atoms with Gasteiger partial charge in [-0.2, -0.15) is 26.0 Å². The molecule has 0 radical (unpaired) electrons. The summed E-state index contributed by atoms with van der Waals surface area (Å²) in [7, 11) is 3.28. The number of nitrogens with zero attached hydrogens (tertiary/aromatic N) is 5. The minimum atomic E-state index is 0. The average Bonchev–Trinajstić information content (AvgIpc) is 2.72. The standard InChI is InChI=1S/C6H6N2.C5H7N.C4H8.C4H6.C2H6N2.6CH4/c1-5(3-7)6(2)4-8;1-3-5(2)4-6;3*1-3-4-2;;;;;;/h1-2H3;3H,1-2H3;3-4H,1-2H3;2*1-2H3;6*1H4/b6-5+;5-3-;4-3+;;;;;;;;. The summed E-state index contributed by atoms with van der Waals surface area (Å²) in [5.74, 6) is 5.36. The first-order valence-electron chi connectivity index (χ1n) is 7.87.